The molecule has 1 aromatic heterocycles. The van der Waals surface area contributed by atoms with E-state index in [1.54, 1.807) is 7.11 Å². The summed E-state index contributed by atoms with van der Waals surface area (Å²) in [6.07, 6.45) is 0.707. The number of carbonyl (C=O) groups excluding carboxylic acids is 1. The molecule has 3 aromatic rings. The number of carbonyl (C=O) groups is 1. The second-order valence-electron chi connectivity index (χ2n) is 6.89. The van der Waals surface area contributed by atoms with E-state index in [9.17, 15) is 4.79 Å². The van der Waals surface area contributed by atoms with E-state index in [0.717, 1.165) is 22.7 Å². The van der Waals surface area contributed by atoms with Crippen LogP contribution in [0.3, 0.4) is 0 Å². The fraction of sp³-hybridized carbons (Fsp3) is 0.227. The molecule has 1 aliphatic rings. The fourth-order valence-corrected chi connectivity index (χ4v) is 4.78. The number of hydrogen-bond acceptors (Lipinski definition) is 9. The molecule has 0 saturated carbocycles. The molecule has 2 heterocycles. The van der Waals surface area contributed by atoms with Crippen molar-refractivity contribution in [3.8, 4) is 5.75 Å². The standard InChI is InChI=1S/C22H22N6O2S2/c1-3-15-19(13-8-10-14(30-2)11-9-13)20(25-17-7-5-4-6-16(17)24-15)26-18(29)12-31-22-28-27-21(23)32-22/h4-11,19H,3,12H2,1-2H3,(H2,23,27)(H,25,26,29). The van der Waals surface area contributed by atoms with E-state index in [1.165, 1.54) is 23.1 Å². The van der Waals surface area contributed by atoms with Gasteiger partial charge in [-0.05, 0) is 36.2 Å². The third-order valence-electron chi connectivity index (χ3n) is 4.82. The molecule has 10 heteroatoms. The lowest BCUT2D eigenvalue weighted by atomic mass is 9.91. The molecule has 0 saturated heterocycles. The van der Waals surface area contributed by atoms with Gasteiger partial charge in [0.05, 0.1) is 30.2 Å². The van der Waals surface area contributed by atoms with Crippen LogP contribution in [0.4, 0.5) is 16.5 Å². The lowest BCUT2D eigenvalue weighted by molar-refractivity contribution is -0.117. The predicted molar refractivity (Wildman–Crippen MR) is 130 cm³/mol. The molecule has 1 aliphatic heterocycles. The lowest BCUT2D eigenvalue weighted by Gasteiger charge is -2.21. The number of nitrogen functional groups attached to an aromatic ring is 1. The number of aromatic nitrogens is 2. The van der Waals surface area contributed by atoms with E-state index in [1.807, 2.05) is 48.5 Å². The van der Waals surface area contributed by atoms with Gasteiger partial charge in [0.1, 0.15) is 11.6 Å². The highest BCUT2D eigenvalue weighted by atomic mass is 32.2. The molecule has 164 valence electrons. The Morgan fingerprint density at radius 3 is 2.47 bits per heavy atom. The van der Waals surface area contributed by atoms with Gasteiger partial charge in [0.25, 0.3) is 0 Å². The molecule has 32 heavy (non-hydrogen) atoms. The van der Waals surface area contributed by atoms with Gasteiger partial charge in [0.15, 0.2) is 4.34 Å². The topological polar surface area (TPSA) is 115 Å². The van der Waals surface area contributed by atoms with Gasteiger partial charge < -0.3 is 15.8 Å². The summed E-state index contributed by atoms with van der Waals surface area (Å²) in [5.74, 6) is 1.00. The summed E-state index contributed by atoms with van der Waals surface area (Å²) >= 11 is 2.54. The first-order valence-electron chi connectivity index (χ1n) is 9.98. The largest absolute Gasteiger partial charge is 0.497 e. The number of ether oxygens (including phenoxy) is 1. The Hall–Kier alpha value is -3.24. The van der Waals surface area contributed by atoms with Crippen molar-refractivity contribution >= 4 is 57.1 Å². The Bertz CT molecular complexity index is 1170. The van der Waals surface area contributed by atoms with Gasteiger partial charge in [-0.25, -0.2) is 4.99 Å². The quantitative estimate of drug-likeness (QED) is 0.522. The van der Waals surface area contributed by atoms with Crippen LogP contribution in [-0.2, 0) is 4.79 Å². The average molecular weight is 467 g/mol. The molecule has 3 N–H and O–H groups in total. The number of amidine groups is 1. The maximum absolute atomic E-state index is 12.8. The molecule has 1 amide bonds. The van der Waals surface area contributed by atoms with Crippen LogP contribution in [0.25, 0.3) is 0 Å². The monoisotopic (exact) mass is 466 g/mol. The zero-order valence-electron chi connectivity index (χ0n) is 17.6. The van der Waals surface area contributed by atoms with Crippen molar-refractivity contribution in [2.45, 2.75) is 23.6 Å². The SMILES string of the molecule is CCC1=Nc2ccccc2N=C(NC(=O)CSc2nnc(N)s2)C1c1ccc(OC)cc1. The molecule has 0 spiro atoms. The van der Waals surface area contributed by atoms with E-state index in [-0.39, 0.29) is 17.6 Å². The zero-order valence-corrected chi connectivity index (χ0v) is 19.2. The van der Waals surface area contributed by atoms with Gasteiger partial charge in [-0.15, -0.1) is 10.2 Å². The number of rotatable bonds is 6. The lowest BCUT2D eigenvalue weighted by Crippen LogP contribution is -2.38. The van der Waals surface area contributed by atoms with E-state index in [2.05, 4.69) is 22.4 Å². The van der Waals surface area contributed by atoms with Crippen molar-refractivity contribution in [2.24, 2.45) is 9.98 Å². The first kappa shape index (κ1) is 22.0. The van der Waals surface area contributed by atoms with Crippen LogP contribution in [0, 0.1) is 0 Å². The minimum atomic E-state index is -0.288. The molecule has 0 aliphatic carbocycles. The van der Waals surface area contributed by atoms with Gasteiger partial charge in [-0.1, -0.05) is 54.3 Å². The van der Waals surface area contributed by atoms with Crippen molar-refractivity contribution in [2.75, 3.05) is 18.6 Å². The van der Waals surface area contributed by atoms with Crippen LogP contribution in [0.1, 0.15) is 24.8 Å². The van der Waals surface area contributed by atoms with E-state index >= 15 is 0 Å². The van der Waals surface area contributed by atoms with Crippen molar-refractivity contribution in [1.29, 1.82) is 0 Å². The van der Waals surface area contributed by atoms with Crippen molar-refractivity contribution in [3.05, 3.63) is 54.1 Å². The summed E-state index contributed by atoms with van der Waals surface area (Å²) in [5.41, 5.74) is 9.02. The number of amides is 1. The molecule has 0 radical (unpaired) electrons. The molecule has 2 aromatic carbocycles. The van der Waals surface area contributed by atoms with Crippen LogP contribution < -0.4 is 15.8 Å². The highest BCUT2D eigenvalue weighted by molar-refractivity contribution is 8.01. The van der Waals surface area contributed by atoms with Gasteiger partial charge >= 0.3 is 0 Å². The second kappa shape index (κ2) is 9.92. The molecule has 1 atom stereocenters. The Labute approximate surface area is 194 Å². The molecule has 0 bridgehead atoms. The smallest absolute Gasteiger partial charge is 0.235 e. The number of aliphatic imine (C=N–C) groups is 2. The summed E-state index contributed by atoms with van der Waals surface area (Å²) in [6, 6.07) is 15.4. The van der Waals surface area contributed by atoms with Gasteiger partial charge in [-0.2, -0.15) is 0 Å². The average Bonchev–Trinajstić information content (AvgIpc) is 3.16. The van der Waals surface area contributed by atoms with Crippen LogP contribution in [0.15, 0.2) is 62.9 Å². The third kappa shape index (κ3) is 4.97. The first-order chi connectivity index (χ1) is 15.6. The molecule has 0 fully saturated rings. The molecular weight excluding hydrogens is 444 g/mol. The highest BCUT2D eigenvalue weighted by Gasteiger charge is 2.28. The van der Waals surface area contributed by atoms with E-state index in [4.69, 9.17) is 20.5 Å². The predicted octanol–water partition coefficient (Wildman–Crippen LogP) is 4.35. The summed E-state index contributed by atoms with van der Waals surface area (Å²) in [6.45, 7) is 2.05. The number of nitrogens with zero attached hydrogens (tertiary/aromatic N) is 4. The summed E-state index contributed by atoms with van der Waals surface area (Å²) in [7, 11) is 1.63. The van der Waals surface area contributed by atoms with Crippen molar-refractivity contribution in [3.63, 3.8) is 0 Å². The number of fused-ring (bicyclic) bond motifs is 1. The number of nitrogens with one attached hydrogen (secondary N) is 1. The van der Waals surface area contributed by atoms with Crippen molar-refractivity contribution in [1.82, 2.24) is 15.5 Å². The van der Waals surface area contributed by atoms with Crippen LogP contribution in [-0.4, -0.2) is 40.5 Å². The molecule has 1 unspecified atom stereocenters. The number of nitrogens with two attached hydrogens (primary N) is 1. The molecular formula is C22H22N6O2S2. The van der Waals surface area contributed by atoms with Gasteiger partial charge in [0, 0.05) is 5.71 Å². The van der Waals surface area contributed by atoms with Gasteiger partial charge in [0.2, 0.25) is 11.0 Å². The normalized spacial score (nSPS) is 15.2. The maximum Gasteiger partial charge on any atom is 0.235 e. The van der Waals surface area contributed by atoms with E-state index < -0.39 is 0 Å². The number of anilines is 1. The summed E-state index contributed by atoms with van der Waals surface area (Å²) in [4.78, 5) is 22.6. The van der Waals surface area contributed by atoms with Crippen LogP contribution in [0.5, 0.6) is 5.75 Å². The highest BCUT2D eigenvalue weighted by Crippen LogP contribution is 2.35. The number of hydrogen-bond donors (Lipinski definition) is 2. The molecule has 4 rings (SSSR count). The van der Waals surface area contributed by atoms with Crippen LogP contribution >= 0.6 is 23.1 Å². The maximum atomic E-state index is 12.8. The minimum absolute atomic E-state index is 0.170. The second-order valence-corrected chi connectivity index (χ2v) is 9.12. The Morgan fingerprint density at radius 1 is 1.12 bits per heavy atom. The number of para-hydroxylation sites is 2. The molecule has 8 nitrogen and oxygen atoms in total. The minimum Gasteiger partial charge on any atom is -0.497 e. The first-order valence-corrected chi connectivity index (χ1v) is 11.8. The van der Waals surface area contributed by atoms with Crippen LogP contribution in [0.2, 0.25) is 0 Å². The Balaban J connectivity index is 1.66. The van der Waals surface area contributed by atoms with E-state index in [0.29, 0.717) is 27.4 Å². The summed E-state index contributed by atoms with van der Waals surface area (Å²) < 4.78 is 5.95. The fourth-order valence-electron chi connectivity index (χ4n) is 3.34. The zero-order chi connectivity index (χ0) is 22.5. The third-order valence-corrected chi connectivity index (χ3v) is 6.71. The Morgan fingerprint density at radius 2 is 1.84 bits per heavy atom. The number of benzene rings is 2. The number of methoxy groups -OCH3 is 1. The number of thioether (sulfide) groups is 1. The van der Waals surface area contributed by atoms with Gasteiger partial charge in [-0.3, -0.25) is 9.79 Å². The van der Waals surface area contributed by atoms with Crippen molar-refractivity contribution < 1.29 is 9.53 Å². The summed E-state index contributed by atoms with van der Waals surface area (Å²) in [5, 5.41) is 11.1. The Kier molecular flexibility index (Phi) is 6.81.